The molecule has 0 spiro atoms. The van der Waals surface area contributed by atoms with E-state index in [1.165, 1.54) is 13.8 Å². The molecule has 0 aromatic rings. The number of likely N-dealkylation sites (N-methyl/N-ethyl adjacent to an activating group) is 1. The van der Waals surface area contributed by atoms with E-state index < -0.39 is 89.3 Å². The predicted molar refractivity (Wildman–Crippen MR) is 173 cm³/mol. The summed E-state index contributed by atoms with van der Waals surface area (Å²) in [7, 11) is 3.72. The van der Waals surface area contributed by atoms with Crippen LogP contribution in [0.25, 0.3) is 0 Å². The number of amides is 1. The minimum Gasteiger partial charge on any atom is -0.458 e. The van der Waals surface area contributed by atoms with Gasteiger partial charge in [-0.1, -0.05) is 33.6 Å². The van der Waals surface area contributed by atoms with E-state index in [1.807, 2.05) is 25.9 Å². The van der Waals surface area contributed by atoms with Crippen LogP contribution in [0.1, 0.15) is 81.6 Å². The van der Waals surface area contributed by atoms with Crippen LogP contribution in [0.4, 0.5) is 4.79 Å². The van der Waals surface area contributed by atoms with Crippen molar-refractivity contribution < 1.29 is 52.4 Å². The lowest BCUT2D eigenvalue weighted by atomic mass is 9.73. The maximum Gasteiger partial charge on any atom is 0.408 e. The second-order valence-corrected chi connectivity index (χ2v) is 14.3. The zero-order valence-electron chi connectivity index (χ0n) is 30.2. The molecule has 0 unspecified atom stereocenters. The Hall–Kier alpha value is -3.05. The smallest absolute Gasteiger partial charge is 0.408 e. The summed E-state index contributed by atoms with van der Waals surface area (Å²) in [5.41, 5.74) is -2.78. The fourth-order valence-corrected chi connectivity index (χ4v) is 7.64. The zero-order chi connectivity index (χ0) is 36.3. The highest BCUT2D eigenvalue weighted by Crippen LogP contribution is 2.40. The van der Waals surface area contributed by atoms with Crippen molar-refractivity contribution in [3.8, 4) is 12.3 Å². The van der Waals surface area contributed by atoms with E-state index in [9.17, 15) is 24.0 Å². The third-order valence-electron chi connectivity index (χ3n) is 10.2. The van der Waals surface area contributed by atoms with Gasteiger partial charge in [0.2, 0.25) is 0 Å². The van der Waals surface area contributed by atoms with Gasteiger partial charge in [0.1, 0.15) is 24.4 Å². The molecule has 1 amide bonds. The molecule has 13 nitrogen and oxygen atoms in total. The van der Waals surface area contributed by atoms with Crippen LogP contribution in [0.3, 0.4) is 0 Å². The first kappa shape index (κ1) is 39.4. The van der Waals surface area contributed by atoms with E-state index >= 15 is 0 Å². The largest absolute Gasteiger partial charge is 0.458 e. The van der Waals surface area contributed by atoms with E-state index in [0.717, 1.165) is 0 Å². The van der Waals surface area contributed by atoms with E-state index in [2.05, 4.69) is 11.2 Å². The van der Waals surface area contributed by atoms with Crippen LogP contribution >= 0.6 is 0 Å². The Labute approximate surface area is 284 Å². The molecule has 13 heteroatoms. The average molecular weight is 679 g/mol. The molecule has 3 fully saturated rings. The molecule has 0 aliphatic carbocycles. The Kier molecular flexibility index (Phi) is 12.9. The van der Waals surface area contributed by atoms with Gasteiger partial charge in [0, 0.05) is 24.7 Å². The van der Waals surface area contributed by atoms with Crippen molar-refractivity contribution in [1.29, 1.82) is 0 Å². The number of nitrogens with zero attached hydrogens (tertiary/aromatic N) is 1. The van der Waals surface area contributed by atoms with Gasteiger partial charge in [0.05, 0.1) is 29.9 Å². The summed E-state index contributed by atoms with van der Waals surface area (Å²) in [4.78, 5) is 68.8. The number of esters is 2. The van der Waals surface area contributed by atoms with Gasteiger partial charge in [-0.2, -0.15) is 0 Å². The first-order chi connectivity index (χ1) is 22.3. The van der Waals surface area contributed by atoms with Gasteiger partial charge < -0.3 is 38.6 Å². The number of fused-ring (bicyclic) bond motifs is 1. The highest BCUT2D eigenvalue weighted by Gasteiger charge is 2.57. The molecule has 48 heavy (non-hydrogen) atoms. The number of ketones is 2. The summed E-state index contributed by atoms with van der Waals surface area (Å²) in [6.07, 6.45) is 1.33. The molecule has 0 aromatic heterocycles. The van der Waals surface area contributed by atoms with Crippen molar-refractivity contribution in [3.63, 3.8) is 0 Å². The minimum atomic E-state index is -1.40. The van der Waals surface area contributed by atoms with Crippen LogP contribution in [0.2, 0.25) is 0 Å². The number of hydrogen-bond donors (Lipinski definition) is 1. The minimum absolute atomic E-state index is 0.0476. The quantitative estimate of drug-likeness (QED) is 0.182. The molecule has 1 N–H and O–H groups in total. The second kappa shape index (κ2) is 15.7. The van der Waals surface area contributed by atoms with Crippen molar-refractivity contribution in [2.75, 3.05) is 20.7 Å². The summed E-state index contributed by atoms with van der Waals surface area (Å²) in [6.45, 7) is 14.6. The summed E-state index contributed by atoms with van der Waals surface area (Å²) in [5.74, 6) is -3.35. The van der Waals surface area contributed by atoms with Crippen LogP contribution in [0, 0.1) is 36.0 Å². The Morgan fingerprint density at radius 1 is 1.06 bits per heavy atom. The Morgan fingerprint density at radius 2 is 1.71 bits per heavy atom. The Morgan fingerprint density at radius 3 is 2.27 bits per heavy atom. The lowest BCUT2D eigenvalue weighted by molar-refractivity contribution is -0.299. The molecule has 0 aromatic carbocycles. The number of rotatable bonds is 7. The van der Waals surface area contributed by atoms with Crippen LogP contribution < -0.4 is 5.32 Å². The third-order valence-corrected chi connectivity index (χ3v) is 10.2. The first-order valence-electron chi connectivity index (χ1n) is 16.8. The van der Waals surface area contributed by atoms with Gasteiger partial charge in [-0.05, 0) is 61.1 Å². The topological polar surface area (TPSA) is 156 Å². The molecule has 3 aliphatic rings. The fourth-order valence-electron chi connectivity index (χ4n) is 7.64. The Bertz CT molecular complexity index is 1270. The number of carbonyl (C=O) groups is 5. The molecule has 270 valence electrons. The van der Waals surface area contributed by atoms with Crippen LogP contribution in [-0.2, 0) is 47.6 Å². The van der Waals surface area contributed by atoms with Crippen LogP contribution in [0.15, 0.2) is 0 Å². The maximum atomic E-state index is 14.2. The van der Waals surface area contributed by atoms with Gasteiger partial charge >= 0.3 is 18.0 Å². The monoisotopic (exact) mass is 678 g/mol. The average Bonchev–Trinajstić information content (AvgIpc) is 3.33. The van der Waals surface area contributed by atoms with Crippen molar-refractivity contribution in [2.45, 2.75) is 136 Å². The summed E-state index contributed by atoms with van der Waals surface area (Å²) in [5, 5.41) is 2.75. The molecule has 3 heterocycles. The molecule has 0 bridgehead atoms. The third kappa shape index (κ3) is 8.21. The Balaban J connectivity index is 2.18. The lowest BCUT2D eigenvalue weighted by Crippen LogP contribution is -2.61. The van der Waals surface area contributed by atoms with E-state index in [4.69, 9.17) is 34.8 Å². The predicted octanol–water partition coefficient (Wildman–Crippen LogP) is 3.05. The maximum absolute atomic E-state index is 14.2. The molecular formula is C35H54N2O11. The summed E-state index contributed by atoms with van der Waals surface area (Å²) >= 11 is 0. The van der Waals surface area contributed by atoms with Gasteiger partial charge in [0.15, 0.2) is 23.8 Å². The number of Topliss-reactive ketones (excluding diaryl/α,β-unsaturated/α-hetero) is 2. The number of hydrogen-bond acceptors (Lipinski definition) is 12. The van der Waals surface area contributed by atoms with Crippen LogP contribution in [-0.4, -0.2) is 109 Å². The van der Waals surface area contributed by atoms with Crippen molar-refractivity contribution in [3.05, 3.63) is 0 Å². The number of terminal acetylenes is 1. The lowest BCUT2D eigenvalue weighted by Gasteiger charge is -2.47. The molecule has 13 atom stereocenters. The fraction of sp³-hybridized carbons (Fsp3) is 0.800. The molecular weight excluding hydrogens is 624 g/mol. The van der Waals surface area contributed by atoms with Gasteiger partial charge in [-0.15, -0.1) is 6.42 Å². The van der Waals surface area contributed by atoms with E-state index in [-0.39, 0.29) is 37.4 Å². The van der Waals surface area contributed by atoms with E-state index in [1.54, 1.807) is 41.5 Å². The van der Waals surface area contributed by atoms with E-state index in [0.29, 0.717) is 6.42 Å². The normalized spacial score (nSPS) is 41.4. The van der Waals surface area contributed by atoms with Crippen molar-refractivity contribution >= 4 is 29.6 Å². The van der Waals surface area contributed by atoms with Gasteiger partial charge in [-0.25, -0.2) is 4.79 Å². The highest BCUT2D eigenvalue weighted by molar-refractivity contribution is 6.00. The molecule has 0 radical (unpaired) electrons. The number of nitrogens with one attached hydrogen (secondary N) is 1. The highest BCUT2D eigenvalue weighted by atomic mass is 16.7. The number of ether oxygens (including phenoxy) is 6. The number of carbonyl (C=O) groups excluding carboxylic acids is 5. The second-order valence-electron chi connectivity index (χ2n) is 14.3. The SMILES string of the molecule is C#CCO[C@@]1(C)C[C@@H](C)C(=O)[C@H](C)[C@H]2NC(=O)O[C@]2(C)[C@@H](CC)OC(=O)[C@H](C)C(=O)[C@H](C)[C@H]1O[C@@H]1O[C@H](C)C[C@H](N(C)C)[C@H]1OC(C)=O. The zero-order valence-corrected chi connectivity index (χ0v) is 30.2. The molecule has 0 saturated carbocycles. The van der Waals surface area contributed by atoms with Crippen molar-refractivity contribution in [1.82, 2.24) is 10.2 Å². The summed E-state index contributed by atoms with van der Waals surface area (Å²) < 4.78 is 36.6. The van der Waals surface area contributed by atoms with Gasteiger partial charge in [-0.3, -0.25) is 19.2 Å². The molecule has 3 rings (SSSR count). The van der Waals surface area contributed by atoms with Gasteiger partial charge in [0.25, 0.3) is 0 Å². The standard InChI is InChI=1S/C35H54N2O11/c1-13-15-43-34(9)17-18(3)26(39)20(5)29-35(10,48-33(42)36-29)25(14-2)46-31(41)22(7)27(40)21(6)30(34)47-32-28(45-23(8)38)24(37(11)12)16-19(4)44-32/h1,18-22,24-25,28-30,32H,14-17H2,2-12H3,(H,36,42)/t18-,19-,20+,21+,22-,24+,25-,28-,29-,30-,32+,34+,35-/m1/s1. The number of cyclic esters (lactones) is 1. The van der Waals surface area contributed by atoms with Crippen molar-refractivity contribution in [2.24, 2.45) is 23.7 Å². The first-order valence-corrected chi connectivity index (χ1v) is 16.8. The molecule has 3 saturated heterocycles. The molecule has 3 aliphatic heterocycles. The van der Waals surface area contributed by atoms with Crippen LogP contribution in [0.5, 0.6) is 0 Å². The number of alkyl carbamates (subject to hydrolysis) is 1. The summed E-state index contributed by atoms with van der Waals surface area (Å²) in [6, 6.07) is -1.12.